The maximum absolute atomic E-state index is 12.4. The van der Waals surface area contributed by atoms with Crippen LogP contribution in [0.5, 0.6) is 0 Å². The molecule has 0 fully saturated rings. The molecule has 1 aromatic carbocycles. The zero-order valence-electron chi connectivity index (χ0n) is 11.1. The number of carbonyl (C=O) groups excluding carboxylic acids is 1. The molecule has 0 saturated heterocycles. The molecule has 1 rings (SSSR count). The van der Waals surface area contributed by atoms with Crippen molar-refractivity contribution in [1.29, 1.82) is 0 Å². The smallest absolute Gasteiger partial charge is 0.255 e. The molecule has 0 saturated carbocycles. The highest BCUT2D eigenvalue weighted by Gasteiger charge is 2.19. The Morgan fingerprint density at radius 1 is 1.53 bits per heavy atom. The van der Waals surface area contributed by atoms with Gasteiger partial charge in [-0.05, 0) is 25.0 Å². The van der Waals surface area contributed by atoms with Crippen LogP contribution in [0.25, 0.3) is 0 Å². The number of hydrogen-bond acceptors (Lipinski definition) is 3. The summed E-state index contributed by atoms with van der Waals surface area (Å²) in [5.74, 6) is -0.229. The number of amides is 1. The van der Waals surface area contributed by atoms with Gasteiger partial charge in [-0.15, -0.1) is 0 Å². The molecule has 1 aromatic rings. The molecule has 0 spiro atoms. The molecule has 3 N–H and O–H groups in total. The van der Waals surface area contributed by atoms with E-state index in [-0.39, 0.29) is 18.3 Å². The molecule has 0 aliphatic rings. The van der Waals surface area contributed by atoms with Crippen molar-refractivity contribution in [3.05, 3.63) is 34.3 Å². The van der Waals surface area contributed by atoms with Crippen molar-refractivity contribution in [2.45, 2.75) is 20.3 Å². The van der Waals surface area contributed by atoms with Crippen LogP contribution < -0.4 is 5.73 Å². The maximum Gasteiger partial charge on any atom is 0.255 e. The van der Waals surface area contributed by atoms with Crippen LogP contribution in [0.1, 0.15) is 29.3 Å². The molecule has 0 radical (unpaired) electrons. The Balaban J connectivity index is 3.02. The molecule has 5 nitrogen and oxygen atoms in total. The van der Waals surface area contributed by atoms with Gasteiger partial charge in [-0.25, -0.2) is 0 Å². The highest BCUT2D eigenvalue weighted by atomic mass is 35.5. The molecular formula is C13H18ClN3O2. The Hall–Kier alpha value is -1.75. The summed E-state index contributed by atoms with van der Waals surface area (Å²) in [6.07, 6.45) is 0.772. The maximum atomic E-state index is 12.4. The van der Waals surface area contributed by atoms with E-state index in [0.717, 1.165) is 12.0 Å². The standard InChI is InChI=1S/C13H18ClN3O2/c1-3-7-17(8-11(15)16-19)13(18)10-6-4-5-9(2)12(10)14/h4-6,19H,3,7-8H2,1-2H3,(H2,15,16). The second-order valence-corrected chi connectivity index (χ2v) is 4.63. The SMILES string of the molecule is CCCN(C/C(N)=N/O)C(=O)c1cccc(C)c1Cl. The van der Waals surface area contributed by atoms with Crippen molar-refractivity contribution in [3.63, 3.8) is 0 Å². The number of halogens is 1. The Bertz CT molecular complexity index is 489. The third-order valence-corrected chi connectivity index (χ3v) is 3.19. The fourth-order valence-corrected chi connectivity index (χ4v) is 1.94. The average molecular weight is 284 g/mol. The van der Waals surface area contributed by atoms with Crippen molar-refractivity contribution in [2.24, 2.45) is 10.9 Å². The molecule has 0 aliphatic heterocycles. The van der Waals surface area contributed by atoms with E-state index in [0.29, 0.717) is 17.1 Å². The van der Waals surface area contributed by atoms with Crippen molar-refractivity contribution in [2.75, 3.05) is 13.1 Å². The van der Waals surface area contributed by atoms with E-state index in [2.05, 4.69) is 5.16 Å². The summed E-state index contributed by atoms with van der Waals surface area (Å²) in [5, 5.41) is 11.9. The van der Waals surface area contributed by atoms with Crippen molar-refractivity contribution < 1.29 is 10.0 Å². The third kappa shape index (κ3) is 3.86. The van der Waals surface area contributed by atoms with Crippen LogP contribution in [0.3, 0.4) is 0 Å². The molecule has 0 aromatic heterocycles. The van der Waals surface area contributed by atoms with E-state index in [1.807, 2.05) is 19.9 Å². The molecule has 0 aliphatic carbocycles. The minimum absolute atomic E-state index is 0.00873. The zero-order valence-corrected chi connectivity index (χ0v) is 11.8. The van der Waals surface area contributed by atoms with Crippen LogP contribution in [0.2, 0.25) is 5.02 Å². The Morgan fingerprint density at radius 3 is 2.79 bits per heavy atom. The van der Waals surface area contributed by atoms with Crippen LogP contribution in [0.4, 0.5) is 0 Å². The summed E-state index contributed by atoms with van der Waals surface area (Å²) in [5.41, 5.74) is 6.73. The first-order valence-corrected chi connectivity index (χ1v) is 6.39. The van der Waals surface area contributed by atoms with Gasteiger partial charge in [0.15, 0.2) is 5.84 Å². The van der Waals surface area contributed by atoms with Crippen LogP contribution >= 0.6 is 11.6 Å². The number of rotatable bonds is 5. The van der Waals surface area contributed by atoms with Gasteiger partial charge in [-0.3, -0.25) is 4.79 Å². The first-order valence-electron chi connectivity index (χ1n) is 6.02. The molecule has 0 unspecified atom stereocenters. The number of benzene rings is 1. The van der Waals surface area contributed by atoms with Crippen molar-refractivity contribution >= 4 is 23.3 Å². The Labute approximate surface area is 117 Å². The van der Waals surface area contributed by atoms with E-state index in [4.69, 9.17) is 22.5 Å². The van der Waals surface area contributed by atoms with Gasteiger partial charge in [-0.2, -0.15) is 0 Å². The normalized spacial score (nSPS) is 11.4. The lowest BCUT2D eigenvalue weighted by molar-refractivity contribution is 0.0778. The van der Waals surface area contributed by atoms with Crippen LogP contribution in [-0.2, 0) is 0 Å². The summed E-state index contributed by atoms with van der Waals surface area (Å²) in [4.78, 5) is 13.9. The lowest BCUT2D eigenvalue weighted by Crippen LogP contribution is -2.39. The Morgan fingerprint density at radius 2 is 2.21 bits per heavy atom. The first kappa shape index (κ1) is 15.3. The van der Waals surface area contributed by atoms with Crippen molar-refractivity contribution in [1.82, 2.24) is 4.90 Å². The van der Waals surface area contributed by atoms with E-state index in [1.165, 1.54) is 4.90 Å². The number of hydrogen-bond donors (Lipinski definition) is 2. The van der Waals surface area contributed by atoms with Gasteiger partial charge in [0.1, 0.15) is 0 Å². The summed E-state index contributed by atoms with van der Waals surface area (Å²) in [7, 11) is 0. The van der Waals surface area contributed by atoms with Gasteiger partial charge in [0.2, 0.25) is 0 Å². The second kappa shape index (κ2) is 6.99. The van der Waals surface area contributed by atoms with E-state index < -0.39 is 0 Å². The number of oxime groups is 1. The largest absolute Gasteiger partial charge is 0.409 e. The van der Waals surface area contributed by atoms with Gasteiger partial charge >= 0.3 is 0 Å². The minimum atomic E-state index is -0.220. The van der Waals surface area contributed by atoms with E-state index >= 15 is 0 Å². The fraction of sp³-hybridized carbons (Fsp3) is 0.385. The summed E-state index contributed by atoms with van der Waals surface area (Å²) >= 11 is 6.14. The molecule has 0 atom stereocenters. The van der Waals surface area contributed by atoms with Crippen LogP contribution in [0, 0.1) is 6.92 Å². The molecule has 0 heterocycles. The van der Waals surface area contributed by atoms with Crippen LogP contribution in [0.15, 0.2) is 23.4 Å². The molecule has 1 amide bonds. The fourth-order valence-electron chi connectivity index (χ4n) is 1.73. The average Bonchev–Trinajstić information content (AvgIpc) is 2.40. The van der Waals surface area contributed by atoms with Gasteiger partial charge in [0.25, 0.3) is 5.91 Å². The van der Waals surface area contributed by atoms with E-state index in [1.54, 1.807) is 12.1 Å². The quantitative estimate of drug-likeness (QED) is 0.376. The van der Waals surface area contributed by atoms with Gasteiger partial charge in [0.05, 0.1) is 17.1 Å². The first-order chi connectivity index (χ1) is 9.01. The molecule has 0 bridgehead atoms. The second-order valence-electron chi connectivity index (χ2n) is 4.25. The van der Waals surface area contributed by atoms with Crippen LogP contribution in [-0.4, -0.2) is 34.9 Å². The number of nitrogens with zero attached hydrogens (tertiary/aromatic N) is 2. The lowest BCUT2D eigenvalue weighted by Gasteiger charge is -2.22. The Kier molecular flexibility index (Phi) is 5.63. The summed E-state index contributed by atoms with van der Waals surface area (Å²) in [6, 6.07) is 5.29. The molecule has 6 heteroatoms. The topological polar surface area (TPSA) is 78.9 Å². The highest BCUT2D eigenvalue weighted by molar-refractivity contribution is 6.34. The third-order valence-electron chi connectivity index (χ3n) is 2.68. The van der Waals surface area contributed by atoms with Crippen molar-refractivity contribution in [3.8, 4) is 0 Å². The predicted molar refractivity (Wildman–Crippen MR) is 75.8 cm³/mol. The minimum Gasteiger partial charge on any atom is -0.409 e. The molecule has 19 heavy (non-hydrogen) atoms. The number of amidine groups is 1. The monoisotopic (exact) mass is 283 g/mol. The summed E-state index contributed by atoms with van der Waals surface area (Å²) < 4.78 is 0. The van der Waals surface area contributed by atoms with Gasteiger partial charge in [-0.1, -0.05) is 35.8 Å². The number of carbonyl (C=O) groups is 1. The van der Waals surface area contributed by atoms with E-state index in [9.17, 15) is 4.79 Å². The summed E-state index contributed by atoms with van der Waals surface area (Å²) in [6.45, 7) is 4.38. The molecular weight excluding hydrogens is 266 g/mol. The lowest BCUT2D eigenvalue weighted by atomic mass is 10.1. The number of nitrogens with two attached hydrogens (primary N) is 1. The number of aryl methyl sites for hydroxylation is 1. The predicted octanol–water partition coefficient (Wildman–Crippen LogP) is 2.25. The molecule has 104 valence electrons. The van der Waals surface area contributed by atoms with Gasteiger partial charge in [0, 0.05) is 6.54 Å². The van der Waals surface area contributed by atoms with Gasteiger partial charge < -0.3 is 15.8 Å². The highest BCUT2D eigenvalue weighted by Crippen LogP contribution is 2.21. The zero-order chi connectivity index (χ0) is 14.4.